The Morgan fingerprint density at radius 2 is 2.06 bits per heavy atom. The average molecular weight is 247 g/mol. The number of nitrogens with zero attached hydrogens (tertiary/aromatic N) is 2. The number of nitro benzene ring substituents is 1. The molecule has 0 aromatic heterocycles. The lowest BCUT2D eigenvalue weighted by molar-refractivity contribution is -0.385. The SMILES string of the molecule is CC(C)C(C#N)NC(=O)c1ccccc1[N+](=O)[O-]. The molecule has 0 fully saturated rings. The number of amides is 1. The normalized spacial score (nSPS) is 11.7. The van der Waals surface area contributed by atoms with E-state index in [-0.39, 0.29) is 17.2 Å². The van der Waals surface area contributed by atoms with Crippen LogP contribution in [-0.4, -0.2) is 16.9 Å². The van der Waals surface area contributed by atoms with Gasteiger partial charge in [0.1, 0.15) is 11.6 Å². The van der Waals surface area contributed by atoms with Gasteiger partial charge in [-0.15, -0.1) is 0 Å². The number of hydrogen-bond acceptors (Lipinski definition) is 4. The van der Waals surface area contributed by atoms with Crippen LogP contribution in [0.2, 0.25) is 0 Å². The van der Waals surface area contributed by atoms with Crippen LogP contribution in [0.5, 0.6) is 0 Å². The summed E-state index contributed by atoms with van der Waals surface area (Å²) in [5.41, 5.74) is -0.307. The van der Waals surface area contributed by atoms with E-state index in [1.54, 1.807) is 19.9 Å². The fourth-order valence-corrected chi connectivity index (χ4v) is 1.39. The number of nitro groups is 1. The molecule has 0 saturated heterocycles. The first-order valence-electron chi connectivity index (χ1n) is 5.41. The van der Waals surface area contributed by atoms with Gasteiger partial charge in [0.05, 0.1) is 11.0 Å². The van der Waals surface area contributed by atoms with Crippen molar-refractivity contribution >= 4 is 11.6 Å². The zero-order valence-corrected chi connectivity index (χ0v) is 10.1. The van der Waals surface area contributed by atoms with Crippen molar-refractivity contribution in [2.75, 3.05) is 0 Å². The highest BCUT2D eigenvalue weighted by Crippen LogP contribution is 2.17. The molecule has 18 heavy (non-hydrogen) atoms. The minimum Gasteiger partial charge on any atom is -0.336 e. The maximum absolute atomic E-state index is 11.9. The van der Waals surface area contributed by atoms with Gasteiger partial charge in [0, 0.05) is 6.07 Å². The molecule has 6 heteroatoms. The Hall–Kier alpha value is -2.42. The molecule has 0 radical (unpaired) electrons. The molecule has 0 saturated carbocycles. The van der Waals surface area contributed by atoms with E-state index in [1.807, 2.05) is 6.07 Å². The van der Waals surface area contributed by atoms with Crippen molar-refractivity contribution in [3.8, 4) is 6.07 Å². The van der Waals surface area contributed by atoms with Gasteiger partial charge in [-0.3, -0.25) is 14.9 Å². The van der Waals surface area contributed by atoms with E-state index in [0.717, 1.165) is 0 Å². The molecule has 0 heterocycles. The van der Waals surface area contributed by atoms with Crippen LogP contribution in [0.15, 0.2) is 24.3 Å². The van der Waals surface area contributed by atoms with Crippen molar-refractivity contribution < 1.29 is 9.72 Å². The Labute approximate surface area is 104 Å². The van der Waals surface area contributed by atoms with Crippen LogP contribution in [0.1, 0.15) is 24.2 Å². The standard InChI is InChI=1S/C12H13N3O3/c1-8(2)10(7-13)14-12(16)9-5-3-4-6-11(9)15(17)18/h3-6,8,10H,1-2H3,(H,14,16). The lowest BCUT2D eigenvalue weighted by Crippen LogP contribution is -2.37. The van der Waals surface area contributed by atoms with Crippen molar-refractivity contribution in [1.82, 2.24) is 5.32 Å². The Kier molecular flexibility index (Phi) is 4.38. The fourth-order valence-electron chi connectivity index (χ4n) is 1.39. The minimum absolute atomic E-state index is 0.0385. The Balaban J connectivity index is 2.98. The third-order valence-electron chi connectivity index (χ3n) is 2.44. The maximum Gasteiger partial charge on any atom is 0.282 e. The van der Waals surface area contributed by atoms with Crippen molar-refractivity contribution in [1.29, 1.82) is 5.26 Å². The second-order valence-electron chi connectivity index (χ2n) is 4.10. The highest BCUT2D eigenvalue weighted by Gasteiger charge is 2.22. The van der Waals surface area contributed by atoms with E-state index >= 15 is 0 Å². The molecular formula is C12H13N3O3. The van der Waals surface area contributed by atoms with Crippen LogP contribution in [0.3, 0.4) is 0 Å². The van der Waals surface area contributed by atoms with Gasteiger partial charge in [-0.2, -0.15) is 5.26 Å². The monoisotopic (exact) mass is 247 g/mol. The molecule has 0 bridgehead atoms. The largest absolute Gasteiger partial charge is 0.336 e. The van der Waals surface area contributed by atoms with Gasteiger partial charge in [-0.1, -0.05) is 26.0 Å². The topological polar surface area (TPSA) is 96.0 Å². The first-order chi connectivity index (χ1) is 8.47. The summed E-state index contributed by atoms with van der Waals surface area (Å²) in [5, 5.41) is 22.1. The van der Waals surface area contributed by atoms with E-state index in [2.05, 4.69) is 5.32 Å². The fraction of sp³-hybridized carbons (Fsp3) is 0.333. The molecule has 0 aliphatic carbocycles. The molecule has 0 spiro atoms. The molecule has 1 N–H and O–H groups in total. The van der Waals surface area contributed by atoms with Crippen molar-refractivity contribution in [3.05, 3.63) is 39.9 Å². The van der Waals surface area contributed by atoms with E-state index in [4.69, 9.17) is 5.26 Å². The van der Waals surface area contributed by atoms with E-state index in [1.165, 1.54) is 18.2 Å². The summed E-state index contributed by atoms with van der Waals surface area (Å²) in [6.07, 6.45) is 0. The number of benzene rings is 1. The molecule has 94 valence electrons. The number of hydrogen-bond donors (Lipinski definition) is 1. The van der Waals surface area contributed by atoms with Gasteiger partial charge in [0.2, 0.25) is 0 Å². The number of nitriles is 1. The minimum atomic E-state index is -0.669. The highest BCUT2D eigenvalue weighted by atomic mass is 16.6. The molecule has 1 aromatic rings. The quantitative estimate of drug-likeness (QED) is 0.648. The van der Waals surface area contributed by atoms with Gasteiger partial charge in [0.25, 0.3) is 11.6 Å². The molecule has 1 rings (SSSR count). The maximum atomic E-state index is 11.9. The summed E-state index contributed by atoms with van der Waals surface area (Å²) < 4.78 is 0. The summed E-state index contributed by atoms with van der Waals surface area (Å²) in [5.74, 6) is -0.677. The molecule has 1 unspecified atom stereocenters. The third kappa shape index (κ3) is 3.04. The predicted octanol–water partition coefficient (Wildman–Crippen LogP) is 1.87. The van der Waals surface area contributed by atoms with Gasteiger partial charge in [0.15, 0.2) is 0 Å². The first kappa shape index (κ1) is 13.6. The van der Waals surface area contributed by atoms with Crippen molar-refractivity contribution in [2.45, 2.75) is 19.9 Å². The predicted molar refractivity (Wildman–Crippen MR) is 64.8 cm³/mol. The number of rotatable bonds is 4. The summed E-state index contributed by atoms with van der Waals surface area (Å²) >= 11 is 0. The molecule has 6 nitrogen and oxygen atoms in total. The van der Waals surface area contributed by atoms with E-state index < -0.39 is 16.9 Å². The second kappa shape index (κ2) is 5.77. The lowest BCUT2D eigenvalue weighted by atomic mass is 10.1. The first-order valence-corrected chi connectivity index (χ1v) is 5.41. The summed E-state index contributed by atoms with van der Waals surface area (Å²) in [4.78, 5) is 22.0. The van der Waals surface area contributed by atoms with Crippen molar-refractivity contribution in [3.63, 3.8) is 0 Å². The second-order valence-corrected chi connectivity index (χ2v) is 4.10. The van der Waals surface area contributed by atoms with Crippen LogP contribution < -0.4 is 5.32 Å². The van der Waals surface area contributed by atoms with Gasteiger partial charge >= 0.3 is 0 Å². The average Bonchev–Trinajstić information content (AvgIpc) is 2.35. The zero-order chi connectivity index (χ0) is 13.7. The summed E-state index contributed by atoms with van der Waals surface area (Å²) in [7, 11) is 0. The Bertz CT molecular complexity index is 506. The number of nitrogens with one attached hydrogen (secondary N) is 1. The van der Waals surface area contributed by atoms with Crippen LogP contribution in [0.25, 0.3) is 0 Å². The van der Waals surface area contributed by atoms with Gasteiger partial charge in [-0.05, 0) is 12.0 Å². The van der Waals surface area contributed by atoms with Crippen LogP contribution >= 0.6 is 0 Å². The van der Waals surface area contributed by atoms with Crippen molar-refractivity contribution in [2.24, 2.45) is 5.92 Å². The number of para-hydroxylation sites is 1. The summed E-state index contributed by atoms with van der Waals surface area (Å²) in [6.45, 7) is 3.57. The summed E-state index contributed by atoms with van der Waals surface area (Å²) in [6, 6.07) is 6.92. The molecule has 0 aliphatic rings. The third-order valence-corrected chi connectivity index (χ3v) is 2.44. The van der Waals surface area contributed by atoms with Crippen LogP contribution in [-0.2, 0) is 0 Å². The van der Waals surface area contributed by atoms with E-state index in [9.17, 15) is 14.9 Å². The molecule has 1 atom stereocenters. The smallest absolute Gasteiger partial charge is 0.282 e. The van der Waals surface area contributed by atoms with Crippen LogP contribution in [0.4, 0.5) is 5.69 Å². The Morgan fingerprint density at radius 1 is 1.44 bits per heavy atom. The van der Waals surface area contributed by atoms with Gasteiger partial charge in [-0.25, -0.2) is 0 Å². The van der Waals surface area contributed by atoms with E-state index in [0.29, 0.717) is 0 Å². The van der Waals surface area contributed by atoms with Crippen LogP contribution in [0, 0.1) is 27.4 Å². The lowest BCUT2D eigenvalue weighted by Gasteiger charge is -2.14. The zero-order valence-electron chi connectivity index (χ0n) is 10.1. The number of carbonyl (C=O) groups excluding carboxylic acids is 1. The number of carbonyl (C=O) groups is 1. The Morgan fingerprint density at radius 3 is 2.56 bits per heavy atom. The van der Waals surface area contributed by atoms with Gasteiger partial charge < -0.3 is 5.32 Å². The molecule has 1 aromatic carbocycles. The highest BCUT2D eigenvalue weighted by molar-refractivity contribution is 5.98. The molecule has 1 amide bonds. The molecule has 0 aliphatic heterocycles. The molecular weight excluding hydrogens is 234 g/mol.